The maximum atomic E-state index is 11.9. The van der Waals surface area contributed by atoms with Gasteiger partial charge in [-0.3, -0.25) is 4.79 Å². The van der Waals surface area contributed by atoms with Gasteiger partial charge in [0.1, 0.15) is 0 Å². The van der Waals surface area contributed by atoms with Crippen LogP contribution < -0.4 is 5.32 Å². The molecule has 4 nitrogen and oxygen atoms in total. The number of thioether (sulfide) groups is 1. The smallest absolute Gasteiger partial charge is 0.338 e. The Morgan fingerprint density at radius 3 is 2.48 bits per heavy atom. The summed E-state index contributed by atoms with van der Waals surface area (Å²) in [5.74, 6) is -0.926. The highest BCUT2D eigenvalue weighted by Crippen LogP contribution is 2.19. The topological polar surface area (TPSA) is 55.4 Å². The summed E-state index contributed by atoms with van der Waals surface area (Å²) >= 11 is 7.45. The number of anilines is 1. The largest absolute Gasteiger partial charge is 0.452 e. The highest BCUT2D eigenvalue weighted by Gasteiger charge is 2.11. The first-order valence-corrected chi connectivity index (χ1v) is 8.47. The molecule has 1 N–H and O–H groups in total. The first-order chi connectivity index (χ1) is 11.0. The molecular formula is C17H16ClNO3S. The van der Waals surface area contributed by atoms with Crippen molar-refractivity contribution in [2.75, 3.05) is 18.2 Å². The van der Waals surface area contributed by atoms with Crippen molar-refractivity contribution in [2.24, 2.45) is 0 Å². The van der Waals surface area contributed by atoms with Gasteiger partial charge in [0.05, 0.1) is 5.56 Å². The molecule has 0 aliphatic rings. The minimum atomic E-state index is -0.527. The molecule has 1 amide bonds. The van der Waals surface area contributed by atoms with Crippen molar-refractivity contribution in [1.82, 2.24) is 0 Å². The van der Waals surface area contributed by atoms with E-state index >= 15 is 0 Å². The first-order valence-electron chi connectivity index (χ1n) is 6.87. The lowest BCUT2D eigenvalue weighted by Gasteiger charge is -2.09. The average Bonchev–Trinajstić information content (AvgIpc) is 2.55. The molecule has 0 saturated carbocycles. The number of benzene rings is 2. The summed E-state index contributed by atoms with van der Waals surface area (Å²) in [6, 6.07) is 12.2. The predicted molar refractivity (Wildman–Crippen MR) is 93.3 cm³/mol. The Hall–Kier alpha value is -1.98. The molecule has 2 aromatic carbocycles. The SMILES string of the molecule is CSc1ccc(C(=O)OCC(=O)Nc2ccc(Cl)cc2C)cc1. The molecule has 0 atom stereocenters. The van der Waals surface area contributed by atoms with E-state index in [0.29, 0.717) is 16.3 Å². The van der Waals surface area contributed by atoms with Crippen LogP contribution in [0.15, 0.2) is 47.4 Å². The van der Waals surface area contributed by atoms with Crippen LogP contribution in [0, 0.1) is 6.92 Å². The Morgan fingerprint density at radius 1 is 1.17 bits per heavy atom. The zero-order valence-corrected chi connectivity index (χ0v) is 14.3. The summed E-state index contributed by atoms with van der Waals surface area (Å²) in [6.45, 7) is 1.49. The quantitative estimate of drug-likeness (QED) is 0.650. The van der Waals surface area contributed by atoms with Crippen LogP contribution in [0.25, 0.3) is 0 Å². The zero-order chi connectivity index (χ0) is 16.8. The van der Waals surface area contributed by atoms with E-state index < -0.39 is 11.9 Å². The third-order valence-corrected chi connectivity index (χ3v) is 4.10. The molecule has 0 aliphatic carbocycles. The van der Waals surface area contributed by atoms with Gasteiger partial charge < -0.3 is 10.1 Å². The van der Waals surface area contributed by atoms with E-state index in [1.54, 1.807) is 42.1 Å². The maximum absolute atomic E-state index is 11.9. The van der Waals surface area contributed by atoms with Crippen LogP contribution in [0.4, 0.5) is 5.69 Å². The van der Waals surface area contributed by atoms with Gasteiger partial charge in [-0.1, -0.05) is 11.6 Å². The van der Waals surface area contributed by atoms with Gasteiger partial charge in [0.2, 0.25) is 0 Å². The summed E-state index contributed by atoms with van der Waals surface area (Å²) in [5.41, 5.74) is 1.89. The lowest BCUT2D eigenvalue weighted by Crippen LogP contribution is -2.21. The fourth-order valence-electron chi connectivity index (χ4n) is 1.90. The van der Waals surface area contributed by atoms with Crippen molar-refractivity contribution in [3.63, 3.8) is 0 Å². The molecule has 0 aliphatic heterocycles. The summed E-state index contributed by atoms with van der Waals surface area (Å²) < 4.78 is 5.02. The molecule has 0 aromatic heterocycles. The highest BCUT2D eigenvalue weighted by molar-refractivity contribution is 7.98. The van der Waals surface area contributed by atoms with Gasteiger partial charge in [0.15, 0.2) is 6.61 Å². The summed E-state index contributed by atoms with van der Waals surface area (Å²) in [5, 5.41) is 3.28. The summed E-state index contributed by atoms with van der Waals surface area (Å²) in [7, 11) is 0. The van der Waals surface area contributed by atoms with E-state index in [0.717, 1.165) is 10.5 Å². The second kappa shape index (κ2) is 8.04. The van der Waals surface area contributed by atoms with E-state index in [9.17, 15) is 9.59 Å². The fourth-order valence-corrected chi connectivity index (χ4v) is 2.53. The second-order valence-corrected chi connectivity index (χ2v) is 6.13. The highest BCUT2D eigenvalue weighted by atomic mass is 35.5. The molecule has 6 heteroatoms. The zero-order valence-electron chi connectivity index (χ0n) is 12.8. The standard InChI is InChI=1S/C17H16ClNO3S/c1-11-9-13(18)5-8-15(11)19-16(20)10-22-17(21)12-3-6-14(23-2)7-4-12/h3-9H,10H2,1-2H3,(H,19,20). The van der Waals surface area contributed by atoms with Crippen LogP contribution in [0.5, 0.6) is 0 Å². The van der Waals surface area contributed by atoms with Crippen LogP contribution in [0.2, 0.25) is 5.02 Å². The number of nitrogens with one attached hydrogen (secondary N) is 1. The number of amides is 1. The molecule has 2 rings (SSSR count). The molecular weight excluding hydrogens is 334 g/mol. The number of hydrogen-bond donors (Lipinski definition) is 1. The molecule has 0 heterocycles. The molecule has 2 aromatic rings. The molecule has 0 bridgehead atoms. The van der Waals surface area contributed by atoms with Gasteiger partial charge in [-0.05, 0) is 61.2 Å². The van der Waals surface area contributed by atoms with Crippen molar-refractivity contribution < 1.29 is 14.3 Å². The molecule has 0 spiro atoms. The van der Waals surface area contributed by atoms with Crippen molar-refractivity contribution in [1.29, 1.82) is 0 Å². The fraction of sp³-hybridized carbons (Fsp3) is 0.176. The maximum Gasteiger partial charge on any atom is 0.338 e. The van der Waals surface area contributed by atoms with Gasteiger partial charge in [-0.25, -0.2) is 4.79 Å². The van der Waals surface area contributed by atoms with Gasteiger partial charge in [-0.15, -0.1) is 11.8 Å². The van der Waals surface area contributed by atoms with Crippen LogP contribution in [-0.2, 0) is 9.53 Å². The minimum absolute atomic E-state index is 0.342. The first kappa shape index (κ1) is 17.4. The normalized spacial score (nSPS) is 10.2. The molecule has 0 saturated heterocycles. The van der Waals surface area contributed by atoms with E-state index in [-0.39, 0.29) is 6.61 Å². The van der Waals surface area contributed by atoms with Crippen molar-refractivity contribution in [3.05, 3.63) is 58.6 Å². The number of hydrogen-bond acceptors (Lipinski definition) is 4. The third-order valence-electron chi connectivity index (χ3n) is 3.12. The van der Waals surface area contributed by atoms with E-state index in [4.69, 9.17) is 16.3 Å². The number of rotatable bonds is 5. The van der Waals surface area contributed by atoms with E-state index in [1.807, 2.05) is 25.3 Å². The minimum Gasteiger partial charge on any atom is -0.452 e. The Morgan fingerprint density at radius 2 is 1.87 bits per heavy atom. The van der Waals surface area contributed by atoms with Crippen LogP contribution in [0.1, 0.15) is 15.9 Å². The van der Waals surface area contributed by atoms with E-state index in [2.05, 4.69) is 5.32 Å². The third kappa shape index (κ3) is 5.01. The van der Waals surface area contributed by atoms with Crippen molar-refractivity contribution in [3.8, 4) is 0 Å². The van der Waals surface area contributed by atoms with Crippen molar-refractivity contribution in [2.45, 2.75) is 11.8 Å². The van der Waals surface area contributed by atoms with Crippen LogP contribution in [0.3, 0.4) is 0 Å². The van der Waals surface area contributed by atoms with Gasteiger partial charge >= 0.3 is 5.97 Å². The van der Waals surface area contributed by atoms with Crippen LogP contribution in [-0.4, -0.2) is 24.7 Å². The monoisotopic (exact) mass is 349 g/mol. The number of carbonyl (C=O) groups excluding carboxylic acids is 2. The number of esters is 1. The second-order valence-electron chi connectivity index (χ2n) is 4.81. The molecule has 120 valence electrons. The lowest BCUT2D eigenvalue weighted by atomic mass is 10.2. The summed E-state index contributed by atoms with van der Waals surface area (Å²) in [4.78, 5) is 24.8. The predicted octanol–water partition coefficient (Wildman–Crippen LogP) is 4.17. The number of halogens is 1. The molecule has 23 heavy (non-hydrogen) atoms. The number of carbonyl (C=O) groups is 2. The number of ether oxygens (including phenoxy) is 1. The average molecular weight is 350 g/mol. The Bertz CT molecular complexity index is 716. The van der Waals surface area contributed by atoms with E-state index in [1.165, 1.54) is 0 Å². The summed E-state index contributed by atoms with van der Waals surface area (Å²) in [6.07, 6.45) is 1.95. The lowest BCUT2D eigenvalue weighted by molar-refractivity contribution is -0.119. The molecule has 0 unspecified atom stereocenters. The van der Waals surface area contributed by atoms with Gasteiger partial charge in [0.25, 0.3) is 5.91 Å². The van der Waals surface area contributed by atoms with Crippen molar-refractivity contribution >= 4 is 40.9 Å². The Kier molecular flexibility index (Phi) is 6.07. The van der Waals surface area contributed by atoms with Crippen LogP contribution >= 0.6 is 23.4 Å². The number of aryl methyl sites for hydroxylation is 1. The Balaban J connectivity index is 1.89. The molecule has 0 fully saturated rings. The Labute approximate surface area is 144 Å². The van der Waals surface area contributed by atoms with Gasteiger partial charge in [0, 0.05) is 15.6 Å². The molecule has 0 radical (unpaired) electrons. The van der Waals surface area contributed by atoms with Gasteiger partial charge in [-0.2, -0.15) is 0 Å².